The van der Waals surface area contributed by atoms with E-state index in [-0.39, 0.29) is 12.5 Å². The van der Waals surface area contributed by atoms with Crippen LogP contribution in [0, 0.1) is 0 Å². The summed E-state index contributed by atoms with van der Waals surface area (Å²) in [5, 5.41) is 9.36. The molecular weight excluding hydrogens is 274 g/mol. The number of furan rings is 1. The van der Waals surface area contributed by atoms with Crippen LogP contribution < -0.4 is 0 Å². The van der Waals surface area contributed by atoms with Crippen molar-refractivity contribution in [1.82, 2.24) is 4.90 Å². The van der Waals surface area contributed by atoms with E-state index in [9.17, 15) is 9.90 Å². The maximum atomic E-state index is 12.1. The Bertz CT molecular complexity index is 404. The van der Waals surface area contributed by atoms with Crippen molar-refractivity contribution in [3.05, 3.63) is 22.6 Å². The number of amides is 1. The molecule has 0 unspecified atom stereocenters. The molecule has 0 saturated carbocycles. The van der Waals surface area contributed by atoms with Gasteiger partial charge < -0.3 is 14.4 Å². The van der Waals surface area contributed by atoms with Gasteiger partial charge in [-0.05, 0) is 47.8 Å². The van der Waals surface area contributed by atoms with E-state index in [4.69, 9.17) is 4.42 Å². The Kier molecular flexibility index (Phi) is 3.08. The number of rotatable bonds is 2. The normalized spacial score (nSPS) is 25.1. The lowest BCUT2D eigenvalue weighted by atomic mass is 10.0. The van der Waals surface area contributed by atoms with Gasteiger partial charge in [-0.25, -0.2) is 0 Å². The molecule has 1 amide bonds. The molecule has 1 fully saturated rings. The van der Waals surface area contributed by atoms with Gasteiger partial charge in [0.1, 0.15) is 0 Å². The number of halogens is 1. The Morgan fingerprint density at radius 2 is 2.44 bits per heavy atom. The molecule has 0 spiro atoms. The second kappa shape index (κ2) is 4.22. The Balaban J connectivity index is 2.22. The lowest BCUT2D eigenvalue weighted by molar-refractivity contribution is 0.0443. The first-order valence-electron chi connectivity index (χ1n) is 5.25. The summed E-state index contributed by atoms with van der Waals surface area (Å²) >= 11 is 3.17. The molecule has 1 saturated heterocycles. The van der Waals surface area contributed by atoms with Crippen molar-refractivity contribution < 1.29 is 14.3 Å². The zero-order valence-corrected chi connectivity index (χ0v) is 10.7. The summed E-state index contributed by atoms with van der Waals surface area (Å²) in [5.74, 6) is 0.160. The van der Waals surface area contributed by atoms with Gasteiger partial charge >= 0.3 is 0 Å². The molecule has 1 aromatic heterocycles. The van der Waals surface area contributed by atoms with Gasteiger partial charge in [-0.2, -0.15) is 0 Å². The van der Waals surface area contributed by atoms with Crippen LogP contribution in [-0.4, -0.2) is 34.6 Å². The number of hydrogen-bond acceptors (Lipinski definition) is 3. The number of carbonyl (C=O) groups excluding carboxylic acids is 1. The quantitative estimate of drug-likeness (QED) is 0.906. The molecule has 0 bridgehead atoms. The first-order valence-corrected chi connectivity index (χ1v) is 6.04. The molecule has 0 radical (unpaired) electrons. The SMILES string of the molecule is C[C@@]1(CO)CCCN1C(=O)c1ccc(Br)o1. The molecule has 0 aliphatic carbocycles. The first-order chi connectivity index (χ1) is 7.57. The van der Waals surface area contributed by atoms with Crippen LogP contribution in [0.15, 0.2) is 21.2 Å². The molecule has 16 heavy (non-hydrogen) atoms. The van der Waals surface area contributed by atoms with Crippen LogP contribution in [0.5, 0.6) is 0 Å². The first kappa shape index (κ1) is 11.7. The van der Waals surface area contributed by atoms with Gasteiger partial charge in [-0.15, -0.1) is 0 Å². The zero-order valence-electron chi connectivity index (χ0n) is 9.07. The predicted octanol–water partition coefficient (Wildman–Crippen LogP) is 2.03. The van der Waals surface area contributed by atoms with E-state index in [1.807, 2.05) is 6.92 Å². The monoisotopic (exact) mass is 287 g/mol. The van der Waals surface area contributed by atoms with E-state index in [0.717, 1.165) is 12.8 Å². The van der Waals surface area contributed by atoms with E-state index < -0.39 is 5.54 Å². The molecule has 2 rings (SSSR count). The van der Waals surface area contributed by atoms with Gasteiger partial charge in [0.15, 0.2) is 10.4 Å². The van der Waals surface area contributed by atoms with Crippen molar-refractivity contribution in [2.45, 2.75) is 25.3 Å². The van der Waals surface area contributed by atoms with Gasteiger partial charge in [0.05, 0.1) is 12.1 Å². The summed E-state index contributed by atoms with van der Waals surface area (Å²) in [6.07, 6.45) is 1.75. The number of hydrogen-bond donors (Lipinski definition) is 1. The largest absolute Gasteiger partial charge is 0.444 e. The van der Waals surface area contributed by atoms with Crippen LogP contribution in [0.25, 0.3) is 0 Å². The highest BCUT2D eigenvalue weighted by atomic mass is 79.9. The van der Waals surface area contributed by atoms with E-state index in [2.05, 4.69) is 15.9 Å². The molecule has 1 aliphatic heterocycles. The minimum atomic E-state index is -0.448. The molecule has 1 aromatic rings. The van der Waals surface area contributed by atoms with Crippen molar-refractivity contribution in [2.24, 2.45) is 0 Å². The molecule has 0 aromatic carbocycles. The van der Waals surface area contributed by atoms with Gasteiger partial charge in [-0.1, -0.05) is 0 Å². The van der Waals surface area contributed by atoms with Crippen LogP contribution in [0.4, 0.5) is 0 Å². The molecule has 1 atom stereocenters. The van der Waals surface area contributed by atoms with Crippen molar-refractivity contribution in [3.8, 4) is 0 Å². The molecule has 88 valence electrons. The highest BCUT2D eigenvalue weighted by Gasteiger charge is 2.40. The molecule has 1 N–H and O–H groups in total. The Hall–Kier alpha value is -0.810. The van der Waals surface area contributed by atoms with Gasteiger partial charge in [0.25, 0.3) is 5.91 Å². The Morgan fingerprint density at radius 3 is 3.00 bits per heavy atom. The van der Waals surface area contributed by atoms with Crippen molar-refractivity contribution in [2.75, 3.05) is 13.2 Å². The summed E-state index contributed by atoms with van der Waals surface area (Å²) in [4.78, 5) is 13.8. The summed E-state index contributed by atoms with van der Waals surface area (Å²) < 4.78 is 5.78. The summed E-state index contributed by atoms with van der Waals surface area (Å²) in [5.41, 5.74) is -0.448. The molecular formula is C11H14BrNO3. The minimum Gasteiger partial charge on any atom is -0.444 e. The number of aliphatic hydroxyl groups excluding tert-OH is 1. The summed E-state index contributed by atoms with van der Waals surface area (Å²) in [7, 11) is 0. The van der Waals surface area contributed by atoms with E-state index in [1.165, 1.54) is 0 Å². The van der Waals surface area contributed by atoms with Crippen molar-refractivity contribution >= 4 is 21.8 Å². The highest BCUT2D eigenvalue weighted by molar-refractivity contribution is 9.10. The zero-order chi connectivity index (χ0) is 11.8. The third kappa shape index (κ3) is 1.89. The Labute approximate surface area is 102 Å². The van der Waals surface area contributed by atoms with E-state index in [1.54, 1.807) is 17.0 Å². The van der Waals surface area contributed by atoms with Crippen LogP contribution in [0.1, 0.15) is 30.3 Å². The fourth-order valence-electron chi connectivity index (χ4n) is 2.10. The second-order valence-electron chi connectivity index (χ2n) is 4.32. The lowest BCUT2D eigenvalue weighted by Crippen LogP contribution is -2.47. The predicted molar refractivity (Wildman–Crippen MR) is 62.2 cm³/mol. The fourth-order valence-corrected chi connectivity index (χ4v) is 2.40. The number of aliphatic hydroxyl groups is 1. The fraction of sp³-hybridized carbons (Fsp3) is 0.545. The summed E-state index contributed by atoms with van der Waals surface area (Å²) in [6, 6.07) is 3.34. The van der Waals surface area contributed by atoms with Gasteiger partial charge in [0, 0.05) is 6.54 Å². The number of nitrogens with zero attached hydrogens (tertiary/aromatic N) is 1. The molecule has 4 nitrogen and oxygen atoms in total. The van der Waals surface area contributed by atoms with Crippen LogP contribution >= 0.6 is 15.9 Å². The van der Waals surface area contributed by atoms with E-state index >= 15 is 0 Å². The van der Waals surface area contributed by atoms with Crippen molar-refractivity contribution in [3.63, 3.8) is 0 Å². The standard InChI is InChI=1S/C11H14BrNO3/c1-11(7-14)5-2-6-13(11)10(15)8-3-4-9(12)16-8/h3-4,14H,2,5-7H2,1H3/t11-/m0/s1. The van der Waals surface area contributed by atoms with Gasteiger partial charge in [-0.3, -0.25) is 4.79 Å². The van der Waals surface area contributed by atoms with Crippen LogP contribution in [0.2, 0.25) is 0 Å². The van der Waals surface area contributed by atoms with E-state index in [0.29, 0.717) is 17.0 Å². The Morgan fingerprint density at radius 1 is 1.69 bits per heavy atom. The maximum absolute atomic E-state index is 12.1. The third-order valence-corrected chi connectivity index (χ3v) is 3.54. The second-order valence-corrected chi connectivity index (χ2v) is 5.10. The molecule has 2 heterocycles. The van der Waals surface area contributed by atoms with Crippen molar-refractivity contribution in [1.29, 1.82) is 0 Å². The summed E-state index contributed by atoms with van der Waals surface area (Å²) in [6.45, 7) is 2.56. The average molecular weight is 288 g/mol. The maximum Gasteiger partial charge on any atom is 0.290 e. The minimum absolute atomic E-state index is 0.0133. The molecule has 1 aliphatic rings. The third-order valence-electron chi connectivity index (χ3n) is 3.12. The van der Waals surface area contributed by atoms with Crippen LogP contribution in [0.3, 0.4) is 0 Å². The molecule has 5 heteroatoms. The number of carbonyl (C=O) groups is 1. The average Bonchev–Trinajstić information content (AvgIpc) is 2.85. The topological polar surface area (TPSA) is 53.7 Å². The van der Waals surface area contributed by atoms with Gasteiger partial charge in [0.2, 0.25) is 0 Å². The smallest absolute Gasteiger partial charge is 0.290 e. The highest BCUT2D eigenvalue weighted by Crippen LogP contribution is 2.30. The van der Waals surface area contributed by atoms with Crippen LogP contribution in [-0.2, 0) is 0 Å². The lowest BCUT2D eigenvalue weighted by Gasteiger charge is -2.32. The number of likely N-dealkylation sites (tertiary alicyclic amines) is 1.